The van der Waals surface area contributed by atoms with Crippen LogP contribution in [0.2, 0.25) is 0 Å². The summed E-state index contributed by atoms with van der Waals surface area (Å²) in [5.74, 6) is 0.222. The number of carbonyl (C=O) groups excluding carboxylic acids is 1. The third-order valence-corrected chi connectivity index (χ3v) is 7.09. The summed E-state index contributed by atoms with van der Waals surface area (Å²) in [7, 11) is 0. The summed E-state index contributed by atoms with van der Waals surface area (Å²) in [4.78, 5) is 35.4. The SMILES string of the molecule is CCc1c(C)sc2nc(SCC(=O)c3ccc[nH]3)n(C[C@@H]3CCCO3)c(=O)c12. The van der Waals surface area contributed by atoms with Gasteiger partial charge in [0.2, 0.25) is 0 Å². The number of aromatic amines is 1. The molecule has 1 fully saturated rings. The van der Waals surface area contributed by atoms with Crippen molar-refractivity contribution in [3.63, 3.8) is 0 Å². The van der Waals surface area contributed by atoms with Crippen LogP contribution in [-0.2, 0) is 17.7 Å². The van der Waals surface area contributed by atoms with E-state index >= 15 is 0 Å². The Labute approximate surface area is 171 Å². The lowest BCUT2D eigenvalue weighted by Crippen LogP contribution is -2.29. The Hall–Kier alpha value is -1.90. The molecule has 6 nitrogen and oxygen atoms in total. The van der Waals surface area contributed by atoms with E-state index in [4.69, 9.17) is 9.72 Å². The third-order valence-electron chi connectivity index (χ3n) is 5.07. The van der Waals surface area contributed by atoms with Crippen LogP contribution in [0.25, 0.3) is 10.2 Å². The number of aryl methyl sites for hydroxylation is 2. The van der Waals surface area contributed by atoms with Gasteiger partial charge >= 0.3 is 0 Å². The van der Waals surface area contributed by atoms with Gasteiger partial charge in [-0.1, -0.05) is 18.7 Å². The zero-order chi connectivity index (χ0) is 19.7. The van der Waals surface area contributed by atoms with Crippen molar-refractivity contribution in [1.29, 1.82) is 0 Å². The number of thioether (sulfide) groups is 1. The molecular formula is C20H23N3O3S2. The van der Waals surface area contributed by atoms with Gasteiger partial charge in [0.25, 0.3) is 5.56 Å². The molecule has 0 aromatic carbocycles. The first kappa shape index (κ1) is 19.4. The van der Waals surface area contributed by atoms with Crippen LogP contribution in [0.4, 0.5) is 0 Å². The second kappa shape index (κ2) is 8.23. The molecule has 3 aromatic rings. The molecule has 8 heteroatoms. The Morgan fingerprint density at radius 2 is 2.36 bits per heavy atom. The van der Waals surface area contributed by atoms with Gasteiger partial charge in [-0.3, -0.25) is 14.2 Å². The van der Waals surface area contributed by atoms with E-state index in [0.29, 0.717) is 17.4 Å². The number of nitrogens with zero attached hydrogens (tertiary/aromatic N) is 2. The summed E-state index contributed by atoms with van der Waals surface area (Å²) >= 11 is 2.88. The molecule has 0 saturated carbocycles. The predicted molar refractivity (Wildman–Crippen MR) is 113 cm³/mol. The van der Waals surface area contributed by atoms with E-state index in [-0.39, 0.29) is 23.2 Å². The van der Waals surface area contributed by atoms with Crippen LogP contribution >= 0.6 is 23.1 Å². The minimum Gasteiger partial charge on any atom is -0.376 e. The fraction of sp³-hybridized carbons (Fsp3) is 0.450. The number of thiophene rings is 1. The number of carbonyl (C=O) groups is 1. The van der Waals surface area contributed by atoms with Crippen LogP contribution < -0.4 is 5.56 Å². The highest BCUT2D eigenvalue weighted by Crippen LogP contribution is 2.30. The zero-order valence-corrected chi connectivity index (χ0v) is 17.6. The van der Waals surface area contributed by atoms with Crippen LogP contribution in [0.1, 0.15) is 40.7 Å². The second-order valence-corrected chi connectivity index (χ2v) is 9.06. The molecule has 0 spiro atoms. The molecule has 1 saturated heterocycles. The van der Waals surface area contributed by atoms with Gasteiger partial charge < -0.3 is 9.72 Å². The highest BCUT2D eigenvalue weighted by molar-refractivity contribution is 7.99. The molecule has 0 unspecified atom stereocenters. The van der Waals surface area contributed by atoms with Crippen LogP contribution in [0.5, 0.6) is 0 Å². The molecule has 4 heterocycles. The normalized spacial score (nSPS) is 16.9. The molecule has 0 aliphatic carbocycles. The largest absolute Gasteiger partial charge is 0.376 e. The zero-order valence-electron chi connectivity index (χ0n) is 16.0. The number of hydrogen-bond donors (Lipinski definition) is 1. The van der Waals surface area contributed by atoms with E-state index in [1.807, 2.05) is 6.92 Å². The first-order valence-electron chi connectivity index (χ1n) is 9.52. The van der Waals surface area contributed by atoms with Crippen molar-refractivity contribution in [2.45, 2.75) is 50.9 Å². The number of nitrogens with one attached hydrogen (secondary N) is 1. The summed E-state index contributed by atoms with van der Waals surface area (Å²) in [6, 6.07) is 3.56. The fourth-order valence-electron chi connectivity index (χ4n) is 3.63. The number of aromatic nitrogens is 3. The standard InChI is InChI=1S/C20H23N3O3S2/c1-3-14-12(2)28-18-17(14)19(25)23(10-13-6-5-9-26-13)20(22-18)27-11-16(24)15-7-4-8-21-15/h4,7-8,13,21H,3,5-6,9-11H2,1-2H3/t13-/m0/s1. The molecule has 0 radical (unpaired) electrons. The lowest BCUT2D eigenvalue weighted by molar-refractivity contribution is 0.0937. The highest BCUT2D eigenvalue weighted by Gasteiger charge is 2.23. The topological polar surface area (TPSA) is 77.0 Å². The third kappa shape index (κ3) is 3.68. The molecular weight excluding hydrogens is 394 g/mol. The number of hydrogen-bond acceptors (Lipinski definition) is 6. The Balaban J connectivity index is 1.72. The summed E-state index contributed by atoms with van der Waals surface area (Å²) in [6.45, 7) is 5.33. The van der Waals surface area contributed by atoms with Gasteiger partial charge in [-0.25, -0.2) is 4.98 Å². The van der Waals surface area contributed by atoms with Crippen molar-refractivity contribution >= 4 is 39.1 Å². The Morgan fingerprint density at radius 3 is 3.04 bits per heavy atom. The van der Waals surface area contributed by atoms with Gasteiger partial charge in [0.15, 0.2) is 10.9 Å². The maximum atomic E-state index is 13.4. The van der Waals surface area contributed by atoms with E-state index in [1.165, 1.54) is 11.8 Å². The number of H-pyrrole nitrogens is 1. The smallest absolute Gasteiger partial charge is 0.263 e. The molecule has 28 heavy (non-hydrogen) atoms. The molecule has 0 bridgehead atoms. The van der Waals surface area contributed by atoms with Crippen molar-refractivity contribution in [1.82, 2.24) is 14.5 Å². The second-order valence-electron chi connectivity index (χ2n) is 6.91. The van der Waals surface area contributed by atoms with Crippen LogP contribution in [-0.4, -0.2) is 38.8 Å². The summed E-state index contributed by atoms with van der Waals surface area (Å²) < 4.78 is 7.48. The van der Waals surface area contributed by atoms with Crippen molar-refractivity contribution in [2.24, 2.45) is 0 Å². The maximum absolute atomic E-state index is 13.4. The fourth-order valence-corrected chi connectivity index (χ4v) is 5.68. The van der Waals surface area contributed by atoms with E-state index in [2.05, 4.69) is 11.9 Å². The minimum atomic E-state index is -0.0171. The number of Topliss-reactive ketones (excluding diaryl/α,β-unsaturated/α-hetero) is 1. The molecule has 148 valence electrons. The van der Waals surface area contributed by atoms with Gasteiger partial charge in [0.1, 0.15) is 4.83 Å². The summed E-state index contributed by atoms with van der Waals surface area (Å²) in [6.07, 6.45) is 4.52. The predicted octanol–water partition coefficient (Wildman–Crippen LogP) is 3.81. The molecule has 3 aromatic heterocycles. The van der Waals surface area contributed by atoms with Crippen molar-refractivity contribution in [3.05, 3.63) is 44.8 Å². The Kier molecular flexibility index (Phi) is 5.70. The van der Waals surface area contributed by atoms with Crippen LogP contribution in [0, 0.1) is 6.92 Å². The van der Waals surface area contributed by atoms with Gasteiger partial charge in [0, 0.05) is 17.7 Å². The highest BCUT2D eigenvalue weighted by atomic mass is 32.2. The van der Waals surface area contributed by atoms with Gasteiger partial charge in [-0.15, -0.1) is 11.3 Å². The molecule has 1 aliphatic heterocycles. The van der Waals surface area contributed by atoms with E-state index < -0.39 is 0 Å². The van der Waals surface area contributed by atoms with Crippen molar-refractivity contribution in [2.75, 3.05) is 12.4 Å². The first-order chi connectivity index (χ1) is 13.6. The maximum Gasteiger partial charge on any atom is 0.263 e. The monoisotopic (exact) mass is 417 g/mol. The lowest BCUT2D eigenvalue weighted by Gasteiger charge is -2.15. The van der Waals surface area contributed by atoms with Gasteiger partial charge in [0.05, 0.1) is 29.5 Å². The molecule has 4 rings (SSSR count). The average Bonchev–Trinajstić information content (AvgIpc) is 3.43. The summed E-state index contributed by atoms with van der Waals surface area (Å²) in [5.41, 5.74) is 1.64. The molecule has 1 N–H and O–H groups in total. The van der Waals surface area contributed by atoms with Gasteiger partial charge in [-0.2, -0.15) is 0 Å². The van der Waals surface area contributed by atoms with Crippen molar-refractivity contribution in [3.8, 4) is 0 Å². The number of fused-ring (bicyclic) bond motifs is 1. The average molecular weight is 418 g/mol. The number of rotatable bonds is 7. The minimum absolute atomic E-state index is 0.00961. The van der Waals surface area contributed by atoms with E-state index in [0.717, 1.165) is 46.5 Å². The van der Waals surface area contributed by atoms with E-state index in [9.17, 15) is 9.59 Å². The van der Waals surface area contributed by atoms with E-state index in [1.54, 1.807) is 34.2 Å². The lowest BCUT2D eigenvalue weighted by atomic mass is 10.1. The molecule has 1 atom stereocenters. The summed E-state index contributed by atoms with van der Waals surface area (Å²) in [5, 5.41) is 1.32. The molecule has 0 amide bonds. The van der Waals surface area contributed by atoms with Crippen LogP contribution in [0.3, 0.4) is 0 Å². The van der Waals surface area contributed by atoms with Crippen molar-refractivity contribution < 1.29 is 9.53 Å². The van der Waals surface area contributed by atoms with Gasteiger partial charge in [-0.05, 0) is 43.9 Å². The Morgan fingerprint density at radius 1 is 1.50 bits per heavy atom. The Bertz CT molecular complexity index is 1050. The quantitative estimate of drug-likeness (QED) is 0.359. The van der Waals surface area contributed by atoms with Crippen LogP contribution in [0.15, 0.2) is 28.3 Å². The number of ketones is 1. The number of ether oxygens (including phenoxy) is 1. The first-order valence-corrected chi connectivity index (χ1v) is 11.3. The molecule has 1 aliphatic rings.